The van der Waals surface area contributed by atoms with E-state index in [4.69, 9.17) is 0 Å². The summed E-state index contributed by atoms with van der Waals surface area (Å²) in [6.07, 6.45) is 9.46. The molecule has 2 aromatic rings. The molecule has 1 saturated carbocycles. The summed E-state index contributed by atoms with van der Waals surface area (Å²) in [5.74, 6) is 2.83. The lowest BCUT2D eigenvalue weighted by Gasteiger charge is -2.18. The molecule has 2 fully saturated rings. The molecule has 22 heavy (non-hydrogen) atoms. The maximum absolute atomic E-state index is 13.0. The summed E-state index contributed by atoms with van der Waals surface area (Å²) in [7, 11) is 1.90. The number of carbonyl (C=O) groups excluding carboxylic acids is 1. The minimum Gasteiger partial charge on any atom is -0.338 e. The number of imidazole rings is 1. The van der Waals surface area contributed by atoms with E-state index in [1.165, 1.54) is 6.42 Å². The molecule has 0 radical (unpaired) electrons. The lowest BCUT2D eigenvalue weighted by atomic mass is 9.86. The Labute approximate surface area is 128 Å². The van der Waals surface area contributed by atoms with Gasteiger partial charge in [-0.05, 0) is 36.2 Å². The Morgan fingerprint density at radius 2 is 1.91 bits per heavy atom. The highest BCUT2D eigenvalue weighted by Gasteiger charge is 2.50. The fraction of sp³-hybridized carbons (Fsp3) is 0.471. The molecule has 2 bridgehead atoms. The van der Waals surface area contributed by atoms with Crippen LogP contribution in [-0.2, 0) is 7.05 Å². The Bertz CT molecular complexity index is 788. The van der Waals surface area contributed by atoms with Crippen molar-refractivity contribution in [3.05, 3.63) is 36.3 Å². The molecule has 2 aromatic heterocycles. The van der Waals surface area contributed by atoms with Crippen LogP contribution in [0.1, 0.15) is 16.8 Å². The summed E-state index contributed by atoms with van der Waals surface area (Å²) in [5.41, 5.74) is 2.17. The molecule has 5 nitrogen and oxygen atoms in total. The molecule has 1 saturated heterocycles. The number of pyridine rings is 1. The summed E-state index contributed by atoms with van der Waals surface area (Å²) in [6, 6.07) is 1.80. The molecule has 1 aliphatic heterocycles. The second-order valence-corrected chi connectivity index (χ2v) is 6.87. The van der Waals surface area contributed by atoms with Crippen molar-refractivity contribution >= 4 is 17.1 Å². The molecule has 5 heteroatoms. The number of rotatable bonds is 1. The Hall–Kier alpha value is -2.17. The van der Waals surface area contributed by atoms with Gasteiger partial charge in [0.2, 0.25) is 0 Å². The van der Waals surface area contributed by atoms with Crippen LogP contribution < -0.4 is 0 Å². The molecule has 112 valence electrons. The van der Waals surface area contributed by atoms with Gasteiger partial charge < -0.3 is 9.47 Å². The van der Waals surface area contributed by atoms with E-state index in [9.17, 15) is 4.79 Å². The number of hydrogen-bond acceptors (Lipinski definition) is 3. The van der Waals surface area contributed by atoms with Crippen LogP contribution in [0.4, 0.5) is 0 Å². The average Bonchev–Trinajstić information content (AvgIpc) is 3.27. The Morgan fingerprint density at radius 3 is 2.64 bits per heavy atom. The van der Waals surface area contributed by atoms with Gasteiger partial charge in [0.25, 0.3) is 5.91 Å². The topological polar surface area (TPSA) is 51.0 Å². The minimum atomic E-state index is 0.111. The lowest BCUT2D eigenvalue weighted by molar-refractivity contribution is 0.0779. The monoisotopic (exact) mass is 294 g/mol. The van der Waals surface area contributed by atoms with E-state index in [0.29, 0.717) is 34.8 Å². The van der Waals surface area contributed by atoms with Crippen molar-refractivity contribution < 1.29 is 4.79 Å². The standard InChI is InChI=1S/C17H18N4O/c1-20-9-19-15-12(4-5-18-16(15)20)17(22)21-7-13-10-2-3-11(6-10)14(13)8-21/h2-5,9-11,13-14H,6-8H2,1H3/t10?,11?,13-,14+. The number of amides is 1. The zero-order valence-electron chi connectivity index (χ0n) is 12.5. The van der Waals surface area contributed by atoms with Gasteiger partial charge in [-0.1, -0.05) is 12.2 Å². The predicted molar refractivity (Wildman–Crippen MR) is 82.1 cm³/mol. The molecule has 3 aliphatic rings. The van der Waals surface area contributed by atoms with Gasteiger partial charge in [0.1, 0.15) is 5.52 Å². The van der Waals surface area contributed by atoms with Crippen LogP contribution >= 0.6 is 0 Å². The Balaban J connectivity index is 1.48. The van der Waals surface area contributed by atoms with E-state index in [1.807, 2.05) is 16.5 Å². The number of allylic oxidation sites excluding steroid dienone is 2. The Kier molecular flexibility index (Phi) is 2.35. The highest BCUT2D eigenvalue weighted by atomic mass is 16.2. The van der Waals surface area contributed by atoms with E-state index in [2.05, 4.69) is 22.1 Å². The molecule has 3 heterocycles. The zero-order chi connectivity index (χ0) is 14.8. The van der Waals surface area contributed by atoms with Crippen LogP contribution in [0.5, 0.6) is 0 Å². The normalized spacial score (nSPS) is 32.1. The van der Waals surface area contributed by atoms with E-state index < -0.39 is 0 Å². The van der Waals surface area contributed by atoms with Gasteiger partial charge in [0, 0.05) is 26.3 Å². The SMILES string of the molecule is Cn1cnc2c(C(=O)N3C[C@@H]4C5C=CC(C5)[C@@H]4C3)ccnc21. The van der Waals surface area contributed by atoms with Crippen molar-refractivity contribution in [2.24, 2.45) is 30.7 Å². The highest BCUT2D eigenvalue weighted by molar-refractivity contribution is 6.04. The summed E-state index contributed by atoms with van der Waals surface area (Å²) >= 11 is 0. The number of carbonyl (C=O) groups is 1. The Morgan fingerprint density at radius 1 is 1.18 bits per heavy atom. The van der Waals surface area contributed by atoms with Crippen LogP contribution in [-0.4, -0.2) is 38.4 Å². The predicted octanol–water partition coefficient (Wildman–Crippen LogP) is 1.86. The molecule has 4 atom stereocenters. The zero-order valence-corrected chi connectivity index (χ0v) is 12.5. The van der Waals surface area contributed by atoms with Crippen LogP contribution in [0.2, 0.25) is 0 Å². The third-order valence-electron chi connectivity index (χ3n) is 5.78. The summed E-state index contributed by atoms with van der Waals surface area (Å²) in [5, 5.41) is 0. The molecular weight excluding hydrogens is 276 g/mol. The second kappa shape index (κ2) is 4.18. The van der Waals surface area contributed by atoms with Crippen molar-refractivity contribution in [2.75, 3.05) is 13.1 Å². The fourth-order valence-corrected chi connectivity index (χ4v) is 4.69. The van der Waals surface area contributed by atoms with Gasteiger partial charge in [-0.2, -0.15) is 0 Å². The number of nitrogens with zero attached hydrogens (tertiary/aromatic N) is 4. The van der Waals surface area contributed by atoms with E-state index in [1.54, 1.807) is 18.6 Å². The molecule has 5 rings (SSSR count). The van der Waals surface area contributed by atoms with Crippen LogP contribution in [0.25, 0.3) is 11.2 Å². The molecule has 0 N–H and O–H groups in total. The van der Waals surface area contributed by atoms with Crippen LogP contribution in [0, 0.1) is 23.7 Å². The molecule has 1 amide bonds. The van der Waals surface area contributed by atoms with Gasteiger partial charge in [-0.3, -0.25) is 4.79 Å². The van der Waals surface area contributed by atoms with Gasteiger partial charge in [-0.15, -0.1) is 0 Å². The molecule has 0 spiro atoms. The number of fused-ring (bicyclic) bond motifs is 6. The number of likely N-dealkylation sites (tertiary alicyclic amines) is 1. The van der Waals surface area contributed by atoms with Crippen LogP contribution in [0.15, 0.2) is 30.7 Å². The van der Waals surface area contributed by atoms with Gasteiger partial charge in [0.15, 0.2) is 5.65 Å². The van der Waals surface area contributed by atoms with Gasteiger partial charge in [0.05, 0.1) is 11.9 Å². The van der Waals surface area contributed by atoms with E-state index >= 15 is 0 Å². The summed E-state index contributed by atoms with van der Waals surface area (Å²) in [6.45, 7) is 1.79. The van der Waals surface area contributed by atoms with Crippen molar-refractivity contribution in [1.29, 1.82) is 0 Å². The first-order valence-electron chi connectivity index (χ1n) is 7.96. The summed E-state index contributed by atoms with van der Waals surface area (Å²) in [4.78, 5) is 23.7. The van der Waals surface area contributed by atoms with E-state index in [0.717, 1.165) is 18.7 Å². The number of aromatic nitrogens is 3. The maximum Gasteiger partial charge on any atom is 0.256 e. The third-order valence-corrected chi connectivity index (χ3v) is 5.78. The number of hydrogen-bond donors (Lipinski definition) is 0. The molecule has 2 unspecified atom stereocenters. The average molecular weight is 294 g/mol. The van der Waals surface area contributed by atoms with Gasteiger partial charge >= 0.3 is 0 Å². The molecule has 2 aliphatic carbocycles. The molecule has 0 aromatic carbocycles. The highest BCUT2D eigenvalue weighted by Crippen LogP contribution is 2.51. The third kappa shape index (κ3) is 1.51. The van der Waals surface area contributed by atoms with Crippen molar-refractivity contribution in [3.8, 4) is 0 Å². The maximum atomic E-state index is 13.0. The minimum absolute atomic E-state index is 0.111. The first-order chi connectivity index (χ1) is 10.7. The fourth-order valence-electron chi connectivity index (χ4n) is 4.69. The smallest absolute Gasteiger partial charge is 0.256 e. The van der Waals surface area contributed by atoms with Crippen molar-refractivity contribution in [1.82, 2.24) is 19.4 Å². The summed E-state index contributed by atoms with van der Waals surface area (Å²) < 4.78 is 1.86. The first kappa shape index (κ1) is 12.4. The van der Waals surface area contributed by atoms with E-state index in [-0.39, 0.29) is 5.91 Å². The van der Waals surface area contributed by atoms with Gasteiger partial charge in [-0.25, -0.2) is 9.97 Å². The van der Waals surface area contributed by atoms with Crippen molar-refractivity contribution in [2.45, 2.75) is 6.42 Å². The van der Waals surface area contributed by atoms with Crippen LogP contribution in [0.3, 0.4) is 0 Å². The quantitative estimate of drug-likeness (QED) is 0.754. The lowest BCUT2D eigenvalue weighted by Crippen LogP contribution is -2.30. The first-order valence-corrected chi connectivity index (χ1v) is 7.96. The number of aryl methyl sites for hydroxylation is 1. The molecular formula is C17H18N4O. The largest absolute Gasteiger partial charge is 0.338 e. The van der Waals surface area contributed by atoms with Crippen molar-refractivity contribution in [3.63, 3.8) is 0 Å². The second-order valence-electron chi connectivity index (χ2n) is 6.87.